The van der Waals surface area contributed by atoms with Gasteiger partial charge in [-0.25, -0.2) is 0 Å². The maximum atomic E-state index is 11.9. The van der Waals surface area contributed by atoms with Crippen molar-refractivity contribution in [1.29, 1.82) is 0 Å². The Morgan fingerprint density at radius 3 is 2.54 bits per heavy atom. The molecule has 0 radical (unpaired) electrons. The monoisotopic (exact) mass is 403 g/mol. The number of benzene rings is 1. The molecule has 148 valence electrons. The van der Waals surface area contributed by atoms with Crippen LogP contribution in [-0.4, -0.2) is 35.9 Å². The fraction of sp³-hybridized carbons (Fsp3) is 0.300. The van der Waals surface area contributed by atoms with Gasteiger partial charge in [0, 0.05) is 16.9 Å². The van der Waals surface area contributed by atoms with Gasteiger partial charge >= 0.3 is 5.97 Å². The Kier molecular flexibility index (Phi) is 7.95. The van der Waals surface area contributed by atoms with Gasteiger partial charge in [0.2, 0.25) is 0 Å². The summed E-state index contributed by atoms with van der Waals surface area (Å²) in [6.45, 7) is 3.41. The van der Waals surface area contributed by atoms with Crippen LogP contribution in [-0.2, 0) is 14.3 Å². The number of anilines is 1. The molecule has 1 aromatic carbocycles. The number of ether oxygens (including phenoxy) is 1. The average molecular weight is 404 g/mol. The molecule has 0 bridgehead atoms. The topological polar surface area (TPSA) is 97.4 Å². The van der Waals surface area contributed by atoms with Crippen molar-refractivity contribution < 1.29 is 19.1 Å². The summed E-state index contributed by atoms with van der Waals surface area (Å²) in [7, 11) is 0. The number of rotatable bonds is 8. The van der Waals surface area contributed by atoms with Crippen LogP contribution in [0.25, 0.3) is 0 Å². The summed E-state index contributed by atoms with van der Waals surface area (Å²) in [6, 6.07) is 10.4. The summed E-state index contributed by atoms with van der Waals surface area (Å²) in [6.07, 6.45) is 2.42. The SMILES string of the molecule is CC[C@H](C)c1ccc(NC(=O)COC(=O)CNC(=O)c2cc(Cl)ccn2)cc1. The molecule has 0 fully saturated rings. The largest absolute Gasteiger partial charge is 0.454 e. The van der Waals surface area contributed by atoms with Gasteiger partial charge in [0.25, 0.3) is 11.8 Å². The number of halogens is 1. The van der Waals surface area contributed by atoms with Gasteiger partial charge in [0.15, 0.2) is 6.61 Å². The predicted octanol–water partition coefficient (Wildman–Crippen LogP) is 3.16. The van der Waals surface area contributed by atoms with Crippen LogP contribution in [0.5, 0.6) is 0 Å². The van der Waals surface area contributed by atoms with E-state index in [0.29, 0.717) is 16.6 Å². The molecule has 0 aliphatic carbocycles. The van der Waals surface area contributed by atoms with E-state index >= 15 is 0 Å². The molecule has 8 heteroatoms. The van der Waals surface area contributed by atoms with E-state index in [1.165, 1.54) is 23.9 Å². The number of esters is 1. The van der Waals surface area contributed by atoms with E-state index in [2.05, 4.69) is 29.5 Å². The number of aromatic nitrogens is 1. The first kappa shape index (κ1) is 21.4. The highest BCUT2D eigenvalue weighted by Gasteiger charge is 2.12. The van der Waals surface area contributed by atoms with Crippen LogP contribution >= 0.6 is 11.6 Å². The molecule has 2 aromatic rings. The third-order valence-electron chi connectivity index (χ3n) is 4.09. The summed E-state index contributed by atoms with van der Waals surface area (Å²) in [5.41, 5.74) is 1.89. The molecule has 1 heterocycles. The van der Waals surface area contributed by atoms with E-state index in [9.17, 15) is 14.4 Å². The van der Waals surface area contributed by atoms with E-state index < -0.39 is 24.4 Å². The zero-order chi connectivity index (χ0) is 20.5. The minimum atomic E-state index is -0.738. The van der Waals surface area contributed by atoms with Crippen molar-refractivity contribution in [3.63, 3.8) is 0 Å². The first-order valence-corrected chi connectivity index (χ1v) is 9.22. The summed E-state index contributed by atoms with van der Waals surface area (Å²) in [4.78, 5) is 39.3. The minimum absolute atomic E-state index is 0.0823. The fourth-order valence-corrected chi connectivity index (χ4v) is 2.46. The molecule has 0 saturated carbocycles. The summed E-state index contributed by atoms with van der Waals surface area (Å²) in [5, 5.41) is 5.36. The normalized spacial score (nSPS) is 11.4. The highest BCUT2D eigenvalue weighted by molar-refractivity contribution is 6.30. The van der Waals surface area contributed by atoms with E-state index in [1.807, 2.05) is 12.1 Å². The Hall–Kier alpha value is -2.93. The van der Waals surface area contributed by atoms with Gasteiger partial charge in [-0.2, -0.15) is 0 Å². The van der Waals surface area contributed by atoms with Gasteiger partial charge in [0.1, 0.15) is 12.2 Å². The number of carbonyl (C=O) groups excluding carboxylic acids is 3. The van der Waals surface area contributed by atoms with Crippen molar-refractivity contribution >= 4 is 35.1 Å². The number of nitrogens with one attached hydrogen (secondary N) is 2. The van der Waals surface area contributed by atoms with Gasteiger partial charge in [-0.1, -0.05) is 37.6 Å². The second-order valence-electron chi connectivity index (χ2n) is 6.18. The standard InChI is InChI=1S/C20H22ClN3O4/c1-3-13(2)14-4-6-16(7-5-14)24-18(25)12-28-19(26)11-23-20(27)17-10-15(21)8-9-22-17/h4-10,13H,3,11-12H2,1-2H3,(H,23,27)(H,24,25)/t13-/m0/s1. The van der Waals surface area contributed by atoms with Crippen molar-refractivity contribution in [2.45, 2.75) is 26.2 Å². The molecule has 2 rings (SSSR count). The van der Waals surface area contributed by atoms with Crippen LogP contribution in [0.2, 0.25) is 5.02 Å². The van der Waals surface area contributed by atoms with Crippen LogP contribution in [0.15, 0.2) is 42.6 Å². The van der Waals surface area contributed by atoms with Crippen LogP contribution < -0.4 is 10.6 Å². The second kappa shape index (κ2) is 10.4. The number of carbonyl (C=O) groups is 3. The molecular formula is C20H22ClN3O4. The van der Waals surface area contributed by atoms with Crippen LogP contribution in [0.4, 0.5) is 5.69 Å². The highest BCUT2D eigenvalue weighted by Crippen LogP contribution is 2.20. The molecule has 1 atom stereocenters. The van der Waals surface area contributed by atoms with Crippen LogP contribution in [0.3, 0.4) is 0 Å². The predicted molar refractivity (Wildman–Crippen MR) is 106 cm³/mol. The van der Waals surface area contributed by atoms with Gasteiger partial charge in [-0.15, -0.1) is 0 Å². The Labute approximate surface area is 168 Å². The molecule has 7 nitrogen and oxygen atoms in total. The molecule has 0 spiro atoms. The molecule has 0 saturated heterocycles. The Morgan fingerprint density at radius 1 is 1.18 bits per heavy atom. The zero-order valence-electron chi connectivity index (χ0n) is 15.7. The van der Waals surface area contributed by atoms with Gasteiger partial charge in [0.05, 0.1) is 0 Å². The number of nitrogens with zero attached hydrogens (tertiary/aromatic N) is 1. The van der Waals surface area contributed by atoms with E-state index in [4.69, 9.17) is 16.3 Å². The number of hydrogen-bond donors (Lipinski definition) is 2. The molecule has 28 heavy (non-hydrogen) atoms. The lowest BCUT2D eigenvalue weighted by atomic mass is 9.99. The van der Waals surface area contributed by atoms with Crippen molar-refractivity contribution in [2.75, 3.05) is 18.5 Å². The number of amides is 2. The second-order valence-corrected chi connectivity index (χ2v) is 6.62. The Bertz CT molecular complexity index is 840. The Balaban J connectivity index is 1.73. The minimum Gasteiger partial charge on any atom is -0.454 e. The van der Waals surface area contributed by atoms with Crippen molar-refractivity contribution in [2.24, 2.45) is 0 Å². The molecule has 1 aromatic heterocycles. The summed E-state index contributed by atoms with van der Waals surface area (Å²) in [5.74, 6) is -1.32. The Morgan fingerprint density at radius 2 is 1.89 bits per heavy atom. The zero-order valence-corrected chi connectivity index (χ0v) is 16.5. The van der Waals surface area contributed by atoms with Crippen LogP contribution in [0, 0.1) is 0 Å². The molecular weight excluding hydrogens is 382 g/mol. The van der Waals surface area contributed by atoms with E-state index in [-0.39, 0.29) is 12.2 Å². The first-order valence-electron chi connectivity index (χ1n) is 8.84. The molecule has 0 aliphatic rings. The lowest BCUT2D eigenvalue weighted by Gasteiger charge is -2.11. The highest BCUT2D eigenvalue weighted by atomic mass is 35.5. The van der Waals surface area contributed by atoms with Crippen molar-refractivity contribution in [3.8, 4) is 0 Å². The van der Waals surface area contributed by atoms with E-state index in [0.717, 1.165) is 6.42 Å². The lowest BCUT2D eigenvalue weighted by Crippen LogP contribution is -2.32. The van der Waals surface area contributed by atoms with Gasteiger partial charge < -0.3 is 15.4 Å². The lowest BCUT2D eigenvalue weighted by molar-refractivity contribution is -0.146. The summed E-state index contributed by atoms with van der Waals surface area (Å²) >= 11 is 5.78. The fourth-order valence-electron chi connectivity index (χ4n) is 2.30. The average Bonchev–Trinajstić information content (AvgIpc) is 2.70. The third-order valence-corrected chi connectivity index (χ3v) is 4.32. The number of hydrogen-bond acceptors (Lipinski definition) is 5. The molecule has 0 aliphatic heterocycles. The molecule has 2 N–H and O–H groups in total. The van der Waals surface area contributed by atoms with Crippen molar-refractivity contribution in [1.82, 2.24) is 10.3 Å². The van der Waals surface area contributed by atoms with Crippen molar-refractivity contribution in [3.05, 3.63) is 58.9 Å². The first-order chi connectivity index (χ1) is 13.4. The maximum Gasteiger partial charge on any atom is 0.325 e. The quantitative estimate of drug-likeness (QED) is 0.660. The number of pyridine rings is 1. The smallest absolute Gasteiger partial charge is 0.325 e. The van der Waals surface area contributed by atoms with Crippen LogP contribution in [0.1, 0.15) is 42.2 Å². The maximum absolute atomic E-state index is 11.9. The van der Waals surface area contributed by atoms with Gasteiger partial charge in [-0.05, 0) is 42.2 Å². The van der Waals surface area contributed by atoms with E-state index in [1.54, 1.807) is 12.1 Å². The molecule has 0 unspecified atom stereocenters. The molecule has 2 amide bonds. The van der Waals surface area contributed by atoms with Gasteiger partial charge in [-0.3, -0.25) is 19.4 Å². The summed E-state index contributed by atoms with van der Waals surface area (Å²) < 4.78 is 4.85. The third kappa shape index (κ3) is 6.66.